The quantitative estimate of drug-likeness (QED) is 0.603. The molecule has 0 saturated heterocycles. The first-order valence-electron chi connectivity index (χ1n) is 6.76. The van der Waals surface area contributed by atoms with E-state index in [9.17, 15) is 14.7 Å². The van der Waals surface area contributed by atoms with E-state index in [2.05, 4.69) is 0 Å². The van der Waals surface area contributed by atoms with Gasteiger partial charge >= 0.3 is 5.97 Å². The molecule has 1 fully saturated rings. The van der Waals surface area contributed by atoms with E-state index in [1.807, 2.05) is 42.5 Å². The van der Waals surface area contributed by atoms with Crippen molar-refractivity contribution in [2.45, 2.75) is 13.0 Å². The lowest BCUT2D eigenvalue weighted by molar-refractivity contribution is -0.314. The van der Waals surface area contributed by atoms with E-state index in [1.165, 1.54) is 0 Å². The van der Waals surface area contributed by atoms with Gasteiger partial charge in [0.15, 0.2) is 0 Å². The highest BCUT2D eigenvalue weighted by molar-refractivity contribution is 5.82. The van der Waals surface area contributed by atoms with E-state index in [-0.39, 0.29) is 18.4 Å². The number of carboxylic acids is 1. The van der Waals surface area contributed by atoms with Crippen LogP contribution >= 0.6 is 0 Å². The molecule has 3 rings (SSSR count). The van der Waals surface area contributed by atoms with Crippen molar-refractivity contribution in [3.63, 3.8) is 0 Å². The first-order valence-corrected chi connectivity index (χ1v) is 6.76. The molecule has 0 aliphatic heterocycles. The summed E-state index contributed by atoms with van der Waals surface area (Å²) in [6.45, 7) is 0.178. The molecule has 1 aromatic carbocycles. The van der Waals surface area contributed by atoms with Crippen LogP contribution in [0.3, 0.4) is 0 Å². The first-order chi connectivity index (χ1) is 9.66. The largest absolute Gasteiger partial charge is 0.550 e. The molecule has 0 aromatic heterocycles. The summed E-state index contributed by atoms with van der Waals surface area (Å²) in [5.74, 6) is -3.03. The third-order valence-electron chi connectivity index (χ3n) is 4.23. The van der Waals surface area contributed by atoms with Gasteiger partial charge < -0.3 is 14.6 Å². The average molecular weight is 271 g/mol. The lowest BCUT2D eigenvalue weighted by Gasteiger charge is -2.27. The fourth-order valence-electron chi connectivity index (χ4n) is 3.29. The smallest absolute Gasteiger partial charge is 0.310 e. The van der Waals surface area contributed by atoms with Crippen molar-refractivity contribution in [1.82, 2.24) is 0 Å². The second kappa shape index (κ2) is 5.12. The Morgan fingerprint density at radius 3 is 2.40 bits per heavy atom. The van der Waals surface area contributed by atoms with Crippen LogP contribution in [0.15, 0.2) is 42.5 Å². The van der Waals surface area contributed by atoms with Gasteiger partial charge in [-0.1, -0.05) is 42.5 Å². The second-order valence-corrected chi connectivity index (χ2v) is 5.41. The molecule has 2 aliphatic rings. The van der Waals surface area contributed by atoms with Gasteiger partial charge in [0.1, 0.15) is 6.61 Å². The van der Waals surface area contributed by atoms with Crippen molar-refractivity contribution < 1.29 is 19.4 Å². The highest BCUT2D eigenvalue weighted by Crippen LogP contribution is 2.48. The number of hydrogen-bond donors (Lipinski definition) is 0. The Hall–Kier alpha value is -2.10. The van der Waals surface area contributed by atoms with Gasteiger partial charge in [0.05, 0.1) is 5.92 Å². The molecular weight excluding hydrogens is 256 g/mol. The number of carboxylic acid groups (broad SMARTS) is 1. The Morgan fingerprint density at radius 1 is 1.10 bits per heavy atom. The van der Waals surface area contributed by atoms with Crippen LogP contribution < -0.4 is 5.11 Å². The zero-order valence-electron chi connectivity index (χ0n) is 10.9. The summed E-state index contributed by atoms with van der Waals surface area (Å²) < 4.78 is 5.28. The highest BCUT2D eigenvalue weighted by Gasteiger charge is 2.49. The third-order valence-corrected chi connectivity index (χ3v) is 4.23. The maximum atomic E-state index is 12.2. The molecule has 1 saturated carbocycles. The fourth-order valence-corrected chi connectivity index (χ4v) is 3.29. The maximum Gasteiger partial charge on any atom is 0.310 e. The lowest BCUT2D eigenvalue weighted by atomic mass is 9.83. The number of allylic oxidation sites excluding steroid dienone is 2. The van der Waals surface area contributed by atoms with Crippen LogP contribution in [0.1, 0.15) is 12.0 Å². The van der Waals surface area contributed by atoms with Crippen molar-refractivity contribution >= 4 is 11.9 Å². The minimum absolute atomic E-state index is 0.0221. The number of hydrogen-bond acceptors (Lipinski definition) is 4. The van der Waals surface area contributed by atoms with Crippen molar-refractivity contribution in [3.8, 4) is 0 Å². The molecule has 0 radical (unpaired) electrons. The van der Waals surface area contributed by atoms with Crippen molar-refractivity contribution in [2.75, 3.05) is 0 Å². The zero-order chi connectivity index (χ0) is 14.1. The molecule has 4 heteroatoms. The molecular formula is C16H15O4-. The summed E-state index contributed by atoms with van der Waals surface area (Å²) in [4.78, 5) is 23.4. The Labute approximate surface area is 117 Å². The predicted molar refractivity (Wildman–Crippen MR) is 69.0 cm³/mol. The van der Waals surface area contributed by atoms with Gasteiger partial charge in [-0.25, -0.2) is 0 Å². The topological polar surface area (TPSA) is 66.4 Å². The molecule has 0 N–H and O–H groups in total. The molecule has 0 heterocycles. The summed E-state index contributed by atoms with van der Waals surface area (Å²) in [6, 6.07) is 9.35. The number of benzene rings is 1. The normalized spacial score (nSPS) is 30.4. The van der Waals surface area contributed by atoms with Crippen LogP contribution in [-0.2, 0) is 20.9 Å². The monoisotopic (exact) mass is 271 g/mol. The van der Waals surface area contributed by atoms with E-state index < -0.39 is 23.8 Å². The molecule has 2 aliphatic carbocycles. The van der Waals surface area contributed by atoms with Crippen LogP contribution in [0.25, 0.3) is 0 Å². The predicted octanol–water partition coefficient (Wildman–Crippen LogP) is 0.918. The molecule has 4 atom stereocenters. The Kier molecular flexibility index (Phi) is 3.30. The van der Waals surface area contributed by atoms with Gasteiger partial charge in [-0.05, 0) is 23.8 Å². The summed E-state index contributed by atoms with van der Waals surface area (Å²) in [5, 5.41) is 11.2. The maximum absolute atomic E-state index is 12.2. The van der Waals surface area contributed by atoms with E-state index in [0.29, 0.717) is 6.42 Å². The van der Waals surface area contributed by atoms with E-state index >= 15 is 0 Å². The van der Waals surface area contributed by atoms with Gasteiger partial charge in [-0.2, -0.15) is 0 Å². The SMILES string of the molecule is O=C([O-])[C@@H]1[C@@H](C(=O)OCc2ccccc2)[C@H]2C=C[C@@H]1C2. The Morgan fingerprint density at radius 2 is 1.75 bits per heavy atom. The number of fused-ring (bicyclic) bond motifs is 2. The van der Waals surface area contributed by atoms with Gasteiger partial charge in [-0.15, -0.1) is 0 Å². The standard InChI is InChI=1S/C16H16O4/c17-15(18)13-11-6-7-12(8-11)14(13)16(19)20-9-10-4-2-1-3-5-10/h1-7,11-14H,8-9H2,(H,17,18)/p-1/t11-,12+,13+,14+/m1/s1. The lowest BCUT2D eigenvalue weighted by Crippen LogP contribution is -2.41. The number of esters is 1. The highest BCUT2D eigenvalue weighted by atomic mass is 16.5. The zero-order valence-corrected chi connectivity index (χ0v) is 10.9. The summed E-state index contributed by atoms with van der Waals surface area (Å²) >= 11 is 0. The Bertz CT molecular complexity index is 549. The first kappa shape index (κ1) is 12.9. The number of aliphatic carboxylic acids is 1. The van der Waals surface area contributed by atoms with Crippen LogP contribution in [0.4, 0.5) is 0 Å². The summed E-state index contributed by atoms with van der Waals surface area (Å²) in [7, 11) is 0. The van der Waals surface area contributed by atoms with Crippen molar-refractivity contribution in [3.05, 3.63) is 48.0 Å². The van der Waals surface area contributed by atoms with Crippen molar-refractivity contribution in [2.24, 2.45) is 23.7 Å². The van der Waals surface area contributed by atoms with Gasteiger partial charge in [0.25, 0.3) is 0 Å². The summed E-state index contributed by atoms with van der Waals surface area (Å²) in [6.07, 6.45) is 4.52. The molecule has 20 heavy (non-hydrogen) atoms. The average Bonchev–Trinajstić information content (AvgIpc) is 3.06. The minimum atomic E-state index is -1.15. The fraction of sp³-hybridized carbons (Fsp3) is 0.375. The molecule has 2 bridgehead atoms. The van der Waals surface area contributed by atoms with Crippen LogP contribution in [0.5, 0.6) is 0 Å². The molecule has 0 spiro atoms. The molecule has 0 amide bonds. The molecule has 4 nitrogen and oxygen atoms in total. The van der Waals surface area contributed by atoms with Crippen LogP contribution in [-0.4, -0.2) is 11.9 Å². The van der Waals surface area contributed by atoms with Gasteiger partial charge in [0.2, 0.25) is 0 Å². The Balaban J connectivity index is 1.68. The number of ether oxygens (including phenoxy) is 1. The van der Waals surface area contributed by atoms with Crippen molar-refractivity contribution in [1.29, 1.82) is 0 Å². The summed E-state index contributed by atoms with van der Waals surface area (Å²) in [5.41, 5.74) is 0.893. The number of carbonyl (C=O) groups is 2. The second-order valence-electron chi connectivity index (χ2n) is 5.41. The number of rotatable bonds is 4. The van der Waals surface area contributed by atoms with E-state index in [4.69, 9.17) is 4.74 Å². The molecule has 0 unspecified atom stereocenters. The molecule has 1 aromatic rings. The van der Waals surface area contributed by atoms with E-state index in [1.54, 1.807) is 0 Å². The minimum Gasteiger partial charge on any atom is -0.550 e. The van der Waals surface area contributed by atoms with Gasteiger partial charge in [0, 0.05) is 11.9 Å². The third kappa shape index (κ3) is 2.22. The van der Waals surface area contributed by atoms with Gasteiger partial charge in [-0.3, -0.25) is 4.79 Å². The van der Waals surface area contributed by atoms with Crippen LogP contribution in [0, 0.1) is 23.7 Å². The number of carbonyl (C=O) groups excluding carboxylic acids is 2. The van der Waals surface area contributed by atoms with E-state index in [0.717, 1.165) is 5.56 Å². The molecule has 104 valence electrons. The van der Waals surface area contributed by atoms with Crippen LogP contribution in [0.2, 0.25) is 0 Å².